The number of rotatable bonds is 8. The Morgan fingerprint density at radius 1 is 1.36 bits per heavy atom. The van der Waals surface area contributed by atoms with Gasteiger partial charge in [-0.1, -0.05) is 0 Å². The van der Waals surface area contributed by atoms with Gasteiger partial charge in [0.05, 0.1) is 13.0 Å². The van der Waals surface area contributed by atoms with Crippen molar-refractivity contribution in [2.75, 3.05) is 19.0 Å². The second kappa shape index (κ2) is 9.37. The maximum Gasteiger partial charge on any atom is 0.330 e. The summed E-state index contributed by atoms with van der Waals surface area (Å²) in [6, 6.07) is -0.462. The lowest BCUT2D eigenvalue weighted by molar-refractivity contribution is -0.164. The van der Waals surface area contributed by atoms with Crippen LogP contribution in [0.25, 0.3) is 0 Å². The minimum atomic E-state index is -1.40. The van der Waals surface area contributed by atoms with Crippen LogP contribution in [-0.4, -0.2) is 47.7 Å². The third-order valence-electron chi connectivity index (χ3n) is 3.26. The smallest absolute Gasteiger partial charge is 0.330 e. The molecule has 6 nitrogen and oxygen atoms in total. The van der Waals surface area contributed by atoms with Gasteiger partial charge >= 0.3 is 17.9 Å². The standard InChI is InChI=1S/C14H22ClNO5S/c1-14(22,9-11(17)20-8-3-2-6-15)13(19)21-12(18)10-5-4-7-16-10/h10,16,22H,2-9H2,1H3/t10-,14-/m0/s1. The fraction of sp³-hybridized carbons (Fsp3) is 0.786. The zero-order valence-electron chi connectivity index (χ0n) is 12.6. The van der Waals surface area contributed by atoms with Gasteiger partial charge in [-0.05, 0) is 39.2 Å². The van der Waals surface area contributed by atoms with Crippen molar-refractivity contribution in [3.05, 3.63) is 0 Å². The van der Waals surface area contributed by atoms with Crippen LogP contribution in [0.4, 0.5) is 0 Å². The first-order valence-electron chi connectivity index (χ1n) is 7.30. The number of hydrogen-bond acceptors (Lipinski definition) is 7. The molecule has 0 aliphatic carbocycles. The predicted molar refractivity (Wildman–Crippen MR) is 85.0 cm³/mol. The van der Waals surface area contributed by atoms with E-state index in [1.165, 1.54) is 6.92 Å². The van der Waals surface area contributed by atoms with Crippen molar-refractivity contribution in [3.8, 4) is 0 Å². The molecule has 0 spiro atoms. The molecule has 8 heteroatoms. The van der Waals surface area contributed by atoms with Crippen LogP contribution >= 0.6 is 24.2 Å². The van der Waals surface area contributed by atoms with Crippen LogP contribution in [0.15, 0.2) is 0 Å². The maximum absolute atomic E-state index is 12.0. The SMILES string of the molecule is C[C@](S)(CC(=O)OCCCCCl)C(=O)OC(=O)[C@@H]1CCCN1. The topological polar surface area (TPSA) is 81.7 Å². The molecule has 1 N–H and O–H groups in total. The summed E-state index contributed by atoms with van der Waals surface area (Å²) in [4.78, 5) is 35.4. The molecule has 0 saturated carbocycles. The van der Waals surface area contributed by atoms with Gasteiger partial charge in [0.2, 0.25) is 0 Å². The Kier molecular flexibility index (Phi) is 8.20. The number of alkyl halides is 1. The quantitative estimate of drug-likeness (QED) is 0.226. The molecule has 1 saturated heterocycles. The molecule has 126 valence electrons. The Balaban J connectivity index is 2.38. The highest BCUT2D eigenvalue weighted by atomic mass is 35.5. The van der Waals surface area contributed by atoms with E-state index in [-0.39, 0.29) is 13.0 Å². The van der Waals surface area contributed by atoms with E-state index in [2.05, 4.69) is 17.9 Å². The summed E-state index contributed by atoms with van der Waals surface area (Å²) in [5.41, 5.74) is 0. The van der Waals surface area contributed by atoms with Gasteiger partial charge in [-0.15, -0.1) is 11.6 Å². The summed E-state index contributed by atoms with van der Waals surface area (Å²) in [7, 11) is 0. The Hall–Kier alpha value is -0.790. The second-order valence-electron chi connectivity index (χ2n) is 5.42. The fourth-order valence-corrected chi connectivity index (χ4v) is 2.31. The third-order valence-corrected chi connectivity index (χ3v) is 3.87. The molecular formula is C14H22ClNO5S. The normalized spacial score (nSPS) is 20.2. The summed E-state index contributed by atoms with van der Waals surface area (Å²) in [6.07, 6.45) is 2.65. The molecule has 1 heterocycles. The number of carbonyl (C=O) groups is 3. The zero-order valence-corrected chi connectivity index (χ0v) is 14.3. The first kappa shape index (κ1) is 19.3. The van der Waals surface area contributed by atoms with Crippen LogP contribution in [0.2, 0.25) is 0 Å². The maximum atomic E-state index is 12.0. The van der Waals surface area contributed by atoms with Crippen LogP contribution in [-0.2, 0) is 23.9 Å². The average molecular weight is 352 g/mol. The predicted octanol–water partition coefficient (Wildman–Crippen LogP) is 1.45. The van der Waals surface area contributed by atoms with E-state index in [0.29, 0.717) is 18.7 Å². The lowest BCUT2D eigenvalue weighted by atomic mass is 10.1. The van der Waals surface area contributed by atoms with Crippen molar-refractivity contribution in [1.82, 2.24) is 5.32 Å². The number of ether oxygens (including phenoxy) is 2. The van der Waals surface area contributed by atoms with E-state index in [0.717, 1.165) is 19.4 Å². The molecular weight excluding hydrogens is 330 g/mol. The monoisotopic (exact) mass is 351 g/mol. The molecule has 0 unspecified atom stereocenters. The highest BCUT2D eigenvalue weighted by Crippen LogP contribution is 2.22. The van der Waals surface area contributed by atoms with Crippen LogP contribution < -0.4 is 5.32 Å². The van der Waals surface area contributed by atoms with Crippen LogP contribution in [0.3, 0.4) is 0 Å². The van der Waals surface area contributed by atoms with Crippen molar-refractivity contribution in [3.63, 3.8) is 0 Å². The van der Waals surface area contributed by atoms with E-state index in [1.807, 2.05) is 0 Å². The highest BCUT2D eigenvalue weighted by Gasteiger charge is 2.37. The summed E-state index contributed by atoms with van der Waals surface area (Å²) < 4.78 is 8.38. The van der Waals surface area contributed by atoms with Crippen molar-refractivity contribution < 1.29 is 23.9 Å². The highest BCUT2D eigenvalue weighted by molar-refractivity contribution is 7.82. The first-order valence-corrected chi connectivity index (χ1v) is 8.28. The summed E-state index contributed by atoms with van der Waals surface area (Å²) >= 11 is 9.65. The first-order chi connectivity index (χ1) is 10.4. The van der Waals surface area contributed by atoms with E-state index in [9.17, 15) is 14.4 Å². The van der Waals surface area contributed by atoms with Crippen molar-refractivity contribution in [2.24, 2.45) is 0 Å². The molecule has 22 heavy (non-hydrogen) atoms. The molecule has 0 radical (unpaired) electrons. The van der Waals surface area contributed by atoms with Crippen LogP contribution in [0, 0.1) is 0 Å². The fourth-order valence-electron chi connectivity index (χ4n) is 1.94. The number of unbranched alkanes of at least 4 members (excludes halogenated alkanes) is 1. The lowest BCUT2D eigenvalue weighted by Crippen LogP contribution is -2.40. The Morgan fingerprint density at radius 2 is 2.09 bits per heavy atom. The number of halogens is 1. The van der Waals surface area contributed by atoms with Crippen molar-refractivity contribution >= 4 is 42.1 Å². The number of nitrogens with one attached hydrogen (secondary N) is 1. The molecule has 0 aromatic rings. The Bertz CT molecular complexity index is 410. The largest absolute Gasteiger partial charge is 0.466 e. The summed E-state index contributed by atoms with van der Waals surface area (Å²) in [5.74, 6) is -1.52. The number of carbonyl (C=O) groups excluding carboxylic acids is 3. The van der Waals surface area contributed by atoms with Gasteiger partial charge in [-0.25, -0.2) is 4.79 Å². The van der Waals surface area contributed by atoms with Gasteiger partial charge in [0.15, 0.2) is 0 Å². The van der Waals surface area contributed by atoms with Gasteiger partial charge in [-0.3, -0.25) is 9.59 Å². The Morgan fingerprint density at radius 3 is 2.68 bits per heavy atom. The van der Waals surface area contributed by atoms with Gasteiger partial charge in [-0.2, -0.15) is 12.6 Å². The van der Waals surface area contributed by atoms with E-state index >= 15 is 0 Å². The lowest BCUT2D eigenvalue weighted by Gasteiger charge is -2.20. The number of hydrogen-bond donors (Lipinski definition) is 2. The van der Waals surface area contributed by atoms with Crippen molar-refractivity contribution in [2.45, 2.75) is 49.8 Å². The van der Waals surface area contributed by atoms with Crippen LogP contribution in [0.1, 0.15) is 39.0 Å². The van der Waals surface area contributed by atoms with E-state index in [1.54, 1.807) is 0 Å². The molecule has 1 aliphatic heterocycles. The third kappa shape index (κ3) is 6.54. The minimum Gasteiger partial charge on any atom is -0.466 e. The second-order valence-corrected chi connectivity index (χ2v) is 6.79. The molecule has 0 aromatic carbocycles. The van der Waals surface area contributed by atoms with Gasteiger partial charge < -0.3 is 14.8 Å². The van der Waals surface area contributed by atoms with Gasteiger partial charge in [0, 0.05) is 5.88 Å². The molecule has 1 aliphatic rings. The molecule has 0 aromatic heterocycles. The summed E-state index contributed by atoms with van der Waals surface area (Å²) in [6.45, 7) is 2.39. The van der Waals surface area contributed by atoms with E-state index in [4.69, 9.17) is 21.1 Å². The molecule has 1 fully saturated rings. The molecule has 1 rings (SSSR count). The zero-order chi connectivity index (χ0) is 16.6. The Labute approximate surface area is 140 Å². The van der Waals surface area contributed by atoms with Crippen molar-refractivity contribution in [1.29, 1.82) is 0 Å². The number of thiol groups is 1. The average Bonchev–Trinajstić information content (AvgIpc) is 2.97. The van der Waals surface area contributed by atoms with Gasteiger partial charge in [0.25, 0.3) is 0 Å². The summed E-state index contributed by atoms with van der Waals surface area (Å²) in [5, 5.41) is 2.94. The van der Waals surface area contributed by atoms with E-state index < -0.39 is 28.7 Å². The number of esters is 3. The molecule has 0 amide bonds. The minimum absolute atomic E-state index is 0.245. The van der Waals surface area contributed by atoms with Crippen LogP contribution in [0.5, 0.6) is 0 Å². The van der Waals surface area contributed by atoms with Gasteiger partial charge in [0.1, 0.15) is 10.8 Å². The molecule has 0 bridgehead atoms. The molecule has 2 atom stereocenters.